The summed E-state index contributed by atoms with van der Waals surface area (Å²) in [6.45, 7) is 0. The number of aromatic nitrogens is 1. The molecule has 1 heterocycles. The second-order valence-electron chi connectivity index (χ2n) is 3.79. The number of phenols is 1. The first kappa shape index (κ1) is 11.6. The van der Waals surface area contributed by atoms with Gasteiger partial charge in [0.05, 0.1) is 5.52 Å². The standard InChI is InChI=1S/C12H11F2NO2/c13-10(14)5-4-7-6-11(17)15-8-2-1-3-9(16)12(7)8/h1-3,6,10,16H,4-5H2,(H,15,17). The van der Waals surface area contributed by atoms with Crippen molar-refractivity contribution in [2.24, 2.45) is 0 Å². The number of alkyl halides is 2. The van der Waals surface area contributed by atoms with E-state index in [0.717, 1.165) is 0 Å². The SMILES string of the molecule is O=c1cc(CCC(F)F)c2c(O)cccc2[nH]1. The average Bonchev–Trinajstić information content (AvgIpc) is 2.25. The van der Waals surface area contributed by atoms with Gasteiger partial charge in [-0.2, -0.15) is 0 Å². The highest BCUT2D eigenvalue weighted by molar-refractivity contribution is 5.87. The van der Waals surface area contributed by atoms with Gasteiger partial charge in [0, 0.05) is 17.9 Å². The van der Waals surface area contributed by atoms with E-state index in [4.69, 9.17) is 0 Å². The molecule has 0 amide bonds. The van der Waals surface area contributed by atoms with Crippen molar-refractivity contribution in [1.29, 1.82) is 0 Å². The summed E-state index contributed by atoms with van der Waals surface area (Å²) < 4.78 is 24.3. The summed E-state index contributed by atoms with van der Waals surface area (Å²) in [7, 11) is 0. The van der Waals surface area contributed by atoms with Crippen LogP contribution >= 0.6 is 0 Å². The quantitative estimate of drug-likeness (QED) is 0.864. The van der Waals surface area contributed by atoms with Gasteiger partial charge in [-0.15, -0.1) is 0 Å². The van der Waals surface area contributed by atoms with E-state index >= 15 is 0 Å². The number of rotatable bonds is 3. The Bertz CT molecular complexity index is 593. The number of H-pyrrole nitrogens is 1. The molecule has 2 aromatic rings. The lowest BCUT2D eigenvalue weighted by Gasteiger charge is -2.07. The van der Waals surface area contributed by atoms with E-state index < -0.39 is 6.43 Å². The summed E-state index contributed by atoms with van der Waals surface area (Å²) in [4.78, 5) is 13.9. The van der Waals surface area contributed by atoms with Crippen molar-refractivity contribution < 1.29 is 13.9 Å². The van der Waals surface area contributed by atoms with Gasteiger partial charge < -0.3 is 10.1 Å². The molecule has 1 aromatic carbocycles. The molecule has 5 heteroatoms. The van der Waals surface area contributed by atoms with Crippen LogP contribution in [0.25, 0.3) is 10.9 Å². The number of aromatic hydroxyl groups is 1. The zero-order valence-electron chi connectivity index (χ0n) is 8.91. The highest BCUT2D eigenvalue weighted by Gasteiger charge is 2.10. The Kier molecular flexibility index (Phi) is 3.08. The number of fused-ring (bicyclic) bond motifs is 1. The van der Waals surface area contributed by atoms with E-state index in [0.29, 0.717) is 16.5 Å². The Morgan fingerprint density at radius 2 is 2.12 bits per heavy atom. The van der Waals surface area contributed by atoms with E-state index in [-0.39, 0.29) is 24.2 Å². The number of hydrogen-bond acceptors (Lipinski definition) is 2. The lowest BCUT2D eigenvalue weighted by atomic mass is 10.0. The van der Waals surface area contributed by atoms with E-state index in [1.807, 2.05) is 0 Å². The summed E-state index contributed by atoms with van der Waals surface area (Å²) in [6, 6.07) is 5.93. The van der Waals surface area contributed by atoms with E-state index in [9.17, 15) is 18.7 Å². The number of hydrogen-bond donors (Lipinski definition) is 2. The fourth-order valence-corrected chi connectivity index (χ4v) is 1.84. The average molecular weight is 239 g/mol. The Morgan fingerprint density at radius 1 is 1.35 bits per heavy atom. The molecule has 0 saturated carbocycles. The van der Waals surface area contributed by atoms with Gasteiger partial charge in [0.1, 0.15) is 5.75 Å². The number of phenolic OH excluding ortho intramolecular Hbond substituents is 1. The maximum absolute atomic E-state index is 12.2. The monoisotopic (exact) mass is 239 g/mol. The lowest BCUT2D eigenvalue weighted by Crippen LogP contribution is -2.07. The van der Waals surface area contributed by atoms with Crippen molar-refractivity contribution in [3.8, 4) is 5.75 Å². The van der Waals surface area contributed by atoms with Gasteiger partial charge in [-0.25, -0.2) is 8.78 Å². The normalized spacial score (nSPS) is 11.2. The Balaban J connectivity index is 2.56. The smallest absolute Gasteiger partial charge is 0.248 e. The molecule has 0 unspecified atom stereocenters. The molecule has 0 aliphatic carbocycles. The van der Waals surface area contributed by atoms with Crippen molar-refractivity contribution in [2.45, 2.75) is 19.3 Å². The molecule has 1 aromatic heterocycles. The third kappa shape index (κ3) is 2.43. The molecular weight excluding hydrogens is 228 g/mol. The number of pyridine rings is 1. The Hall–Kier alpha value is -1.91. The van der Waals surface area contributed by atoms with Gasteiger partial charge in [-0.05, 0) is 24.1 Å². The third-order valence-corrected chi connectivity index (χ3v) is 2.56. The number of benzene rings is 1. The van der Waals surface area contributed by atoms with Gasteiger partial charge in [0.15, 0.2) is 0 Å². The van der Waals surface area contributed by atoms with Gasteiger partial charge in [-0.3, -0.25) is 4.79 Å². The third-order valence-electron chi connectivity index (χ3n) is 2.56. The van der Waals surface area contributed by atoms with Gasteiger partial charge in [-0.1, -0.05) is 6.07 Å². The lowest BCUT2D eigenvalue weighted by molar-refractivity contribution is 0.138. The summed E-state index contributed by atoms with van der Waals surface area (Å²) >= 11 is 0. The summed E-state index contributed by atoms with van der Waals surface area (Å²) in [5, 5.41) is 10.1. The molecule has 0 aliphatic heterocycles. The minimum absolute atomic E-state index is 0.0111. The fourth-order valence-electron chi connectivity index (χ4n) is 1.84. The van der Waals surface area contributed by atoms with Crippen LogP contribution in [0.5, 0.6) is 5.75 Å². The first-order valence-electron chi connectivity index (χ1n) is 5.20. The summed E-state index contributed by atoms with van der Waals surface area (Å²) in [6.07, 6.45) is -2.68. The first-order valence-corrected chi connectivity index (χ1v) is 5.20. The van der Waals surface area contributed by atoms with Crippen LogP contribution in [0, 0.1) is 0 Å². The predicted octanol–water partition coefficient (Wildman–Crippen LogP) is 2.43. The number of aromatic amines is 1. The van der Waals surface area contributed by atoms with Crippen molar-refractivity contribution in [3.63, 3.8) is 0 Å². The molecule has 90 valence electrons. The van der Waals surface area contributed by atoms with Crippen LogP contribution in [0.4, 0.5) is 8.78 Å². The molecule has 17 heavy (non-hydrogen) atoms. The van der Waals surface area contributed by atoms with Crippen molar-refractivity contribution in [2.75, 3.05) is 0 Å². The number of halogens is 2. The molecule has 2 rings (SSSR count). The maximum Gasteiger partial charge on any atom is 0.248 e. The topological polar surface area (TPSA) is 53.1 Å². The molecule has 0 fully saturated rings. The van der Waals surface area contributed by atoms with Crippen LogP contribution in [0.3, 0.4) is 0 Å². The van der Waals surface area contributed by atoms with Crippen LogP contribution < -0.4 is 5.56 Å². The molecule has 0 spiro atoms. The van der Waals surface area contributed by atoms with Crippen molar-refractivity contribution in [3.05, 3.63) is 40.2 Å². The van der Waals surface area contributed by atoms with Crippen molar-refractivity contribution >= 4 is 10.9 Å². The minimum atomic E-state index is -2.42. The second kappa shape index (κ2) is 4.53. The molecular formula is C12H11F2NO2. The van der Waals surface area contributed by atoms with Crippen LogP contribution in [0.2, 0.25) is 0 Å². The van der Waals surface area contributed by atoms with Gasteiger partial charge in [0.25, 0.3) is 0 Å². The zero-order valence-corrected chi connectivity index (χ0v) is 8.91. The Morgan fingerprint density at radius 3 is 2.82 bits per heavy atom. The van der Waals surface area contributed by atoms with E-state index in [2.05, 4.69) is 4.98 Å². The van der Waals surface area contributed by atoms with Gasteiger partial charge >= 0.3 is 0 Å². The summed E-state index contributed by atoms with van der Waals surface area (Å²) in [5.41, 5.74) is 0.552. The van der Waals surface area contributed by atoms with Crippen molar-refractivity contribution in [1.82, 2.24) is 4.98 Å². The highest BCUT2D eigenvalue weighted by Crippen LogP contribution is 2.26. The van der Waals surface area contributed by atoms with E-state index in [1.165, 1.54) is 12.1 Å². The van der Waals surface area contributed by atoms with Gasteiger partial charge in [0.2, 0.25) is 12.0 Å². The molecule has 0 radical (unpaired) electrons. The van der Waals surface area contributed by atoms with Crippen LogP contribution in [0.15, 0.2) is 29.1 Å². The van der Waals surface area contributed by atoms with Crippen LogP contribution in [-0.4, -0.2) is 16.5 Å². The zero-order chi connectivity index (χ0) is 12.4. The van der Waals surface area contributed by atoms with Crippen LogP contribution in [-0.2, 0) is 6.42 Å². The molecule has 3 nitrogen and oxygen atoms in total. The predicted molar refractivity (Wildman–Crippen MR) is 60.6 cm³/mol. The summed E-state index contributed by atoms with van der Waals surface area (Å²) in [5.74, 6) is -0.0111. The fraction of sp³-hybridized carbons (Fsp3) is 0.250. The molecule has 0 atom stereocenters. The maximum atomic E-state index is 12.2. The van der Waals surface area contributed by atoms with E-state index in [1.54, 1.807) is 12.1 Å². The highest BCUT2D eigenvalue weighted by atomic mass is 19.3. The Labute approximate surface area is 95.7 Å². The number of nitrogens with one attached hydrogen (secondary N) is 1. The minimum Gasteiger partial charge on any atom is -0.507 e. The second-order valence-corrected chi connectivity index (χ2v) is 3.79. The number of aryl methyl sites for hydroxylation is 1. The molecule has 2 N–H and O–H groups in total. The molecule has 0 bridgehead atoms. The van der Waals surface area contributed by atoms with Crippen LogP contribution in [0.1, 0.15) is 12.0 Å². The molecule has 0 aliphatic rings. The first-order chi connectivity index (χ1) is 8.08. The molecule has 0 saturated heterocycles. The largest absolute Gasteiger partial charge is 0.507 e.